The summed E-state index contributed by atoms with van der Waals surface area (Å²) in [4.78, 5) is 43.6. The topological polar surface area (TPSA) is 131 Å². The molecular formula is C23H24ClN5O5. The summed E-state index contributed by atoms with van der Waals surface area (Å²) in [6, 6.07) is 13.3. The molecule has 0 radical (unpaired) electrons. The minimum atomic E-state index is -0.897. The first kappa shape index (κ1) is 23.5. The summed E-state index contributed by atoms with van der Waals surface area (Å²) in [5.74, 6) is -0.327. The summed E-state index contributed by atoms with van der Waals surface area (Å²) in [5.41, 5.74) is 0.440. The molecule has 1 fully saturated rings. The Balaban J connectivity index is 1.62. The van der Waals surface area contributed by atoms with E-state index in [-0.39, 0.29) is 24.8 Å². The standard InChI is InChI=1S/C23H24ClN5O5/c1-2-28-22(32)27-21(29(23(28)33)13-14-3-5-15(24)6-4-14)26-16-7-9-17(10-8-16)34-18-11-19(20(30)31)25-12-18/h3-10,18-19,25H,2,11-13H2,1H3,(H,30,31)(H,26,27,32)/t18-,19+/m1/s1. The normalized spacial score (nSPS) is 18.2. The van der Waals surface area contributed by atoms with Crippen LogP contribution in [-0.4, -0.2) is 43.9 Å². The minimum Gasteiger partial charge on any atom is -0.489 e. The molecule has 0 saturated carbocycles. The molecule has 0 aliphatic carbocycles. The molecule has 34 heavy (non-hydrogen) atoms. The highest BCUT2D eigenvalue weighted by molar-refractivity contribution is 6.30. The van der Waals surface area contributed by atoms with Gasteiger partial charge in [0.15, 0.2) is 0 Å². The van der Waals surface area contributed by atoms with Gasteiger partial charge in [-0.2, -0.15) is 0 Å². The van der Waals surface area contributed by atoms with Crippen LogP contribution in [0.1, 0.15) is 18.9 Å². The average Bonchev–Trinajstić information content (AvgIpc) is 3.28. The Bertz CT molecular complexity index is 1360. The predicted molar refractivity (Wildman–Crippen MR) is 126 cm³/mol. The smallest absolute Gasteiger partial charge is 0.335 e. The summed E-state index contributed by atoms with van der Waals surface area (Å²) < 4.78 is 8.35. The van der Waals surface area contributed by atoms with E-state index in [0.717, 1.165) is 10.1 Å². The van der Waals surface area contributed by atoms with Gasteiger partial charge in [-0.15, -0.1) is 0 Å². The van der Waals surface area contributed by atoms with Gasteiger partial charge in [0.25, 0.3) is 0 Å². The first-order valence-corrected chi connectivity index (χ1v) is 11.2. The fourth-order valence-electron chi connectivity index (χ4n) is 3.73. The van der Waals surface area contributed by atoms with E-state index in [2.05, 4.69) is 15.3 Å². The SMILES string of the molecule is CCn1c(=O)[nH]/c(=N\c2ccc(O[C@H]3CN[C@H](C(=O)O)C3)cc2)n(Cc2ccc(Cl)cc2)c1=O. The monoisotopic (exact) mass is 485 g/mol. The molecule has 0 bridgehead atoms. The average molecular weight is 486 g/mol. The van der Waals surface area contributed by atoms with Crippen molar-refractivity contribution in [2.45, 2.75) is 38.6 Å². The van der Waals surface area contributed by atoms with E-state index in [9.17, 15) is 14.4 Å². The molecule has 3 aromatic rings. The molecule has 2 heterocycles. The number of aromatic nitrogens is 3. The third-order valence-electron chi connectivity index (χ3n) is 5.51. The molecule has 0 spiro atoms. The number of carbonyl (C=O) groups is 1. The number of hydrogen-bond acceptors (Lipinski definition) is 6. The second-order valence-electron chi connectivity index (χ2n) is 7.87. The lowest BCUT2D eigenvalue weighted by Crippen LogP contribution is -2.49. The van der Waals surface area contributed by atoms with Gasteiger partial charge in [0.1, 0.15) is 17.9 Å². The lowest BCUT2D eigenvalue weighted by molar-refractivity contribution is -0.139. The molecule has 2 aromatic carbocycles. The maximum Gasteiger partial charge on any atom is 0.335 e. The lowest BCUT2D eigenvalue weighted by atomic mass is 10.2. The number of nitrogens with one attached hydrogen (secondary N) is 2. The summed E-state index contributed by atoms with van der Waals surface area (Å²) in [5, 5.41) is 12.6. The van der Waals surface area contributed by atoms with Crippen LogP contribution >= 0.6 is 11.6 Å². The highest BCUT2D eigenvalue weighted by Crippen LogP contribution is 2.21. The first-order valence-electron chi connectivity index (χ1n) is 10.8. The van der Waals surface area contributed by atoms with E-state index in [0.29, 0.717) is 29.4 Å². The summed E-state index contributed by atoms with van der Waals surface area (Å²) in [6.45, 7) is 2.59. The Morgan fingerprint density at radius 2 is 1.85 bits per heavy atom. The molecule has 1 saturated heterocycles. The van der Waals surface area contributed by atoms with Crippen molar-refractivity contribution in [1.29, 1.82) is 0 Å². The van der Waals surface area contributed by atoms with Crippen molar-refractivity contribution in [3.8, 4) is 5.75 Å². The van der Waals surface area contributed by atoms with Crippen LogP contribution in [-0.2, 0) is 17.9 Å². The van der Waals surface area contributed by atoms with Crippen molar-refractivity contribution in [2.75, 3.05) is 6.54 Å². The van der Waals surface area contributed by atoms with Gasteiger partial charge in [-0.1, -0.05) is 23.7 Å². The Kier molecular flexibility index (Phi) is 6.99. The zero-order valence-electron chi connectivity index (χ0n) is 18.4. The number of aromatic amines is 1. The van der Waals surface area contributed by atoms with Crippen LogP contribution in [0.4, 0.5) is 5.69 Å². The molecule has 11 heteroatoms. The lowest BCUT2D eigenvalue weighted by Gasteiger charge is -2.12. The third-order valence-corrected chi connectivity index (χ3v) is 5.77. The van der Waals surface area contributed by atoms with Crippen LogP contribution in [0.5, 0.6) is 5.75 Å². The Morgan fingerprint density at radius 3 is 2.47 bits per heavy atom. The fraction of sp³-hybridized carbons (Fsp3) is 0.304. The quantitative estimate of drug-likeness (QED) is 0.464. The van der Waals surface area contributed by atoms with Gasteiger partial charge in [-0.05, 0) is 48.9 Å². The molecule has 10 nitrogen and oxygen atoms in total. The van der Waals surface area contributed by atoms with Gasteiger partial charge < -0.3 is 15.2 Å². The van der Waals surface area contributed by atoms with E-state index in [1.165, 1.54) is 4.57 Å². The van der Waals surface area contributed by atoms with Gasteiger partial charge in [-0.25, -0.2) is 19.1 Å². The van der Waals surface area contributed by atoms with Gasteiger partial charge in [0.05, 0.1) is 12.2 Å². The van der Waals surface area contributed by atoms with Gasteiger partial charge >= 0.3 is 17.3 Å². The molecule has 178 valence electrons. The van der Waals surface area contributed by atoms with Crippen molar-refractivity contribution in [1.82, 2.24) is 19.4 Å². The maximum absolute atomic E-state index is 13.0. The number of carboxylic acids is 1. The molecule has 1 aliphatic heterocycles. The number of nitrogens with zero attached hydrogens (tertiary/aromatic N) is 3. The van der Waals surface area contributed by atoms with Gasteiger partial charge in [0, 0.05) is 24.5 Å². The molecule has 3 N–H and O–H groups in total. The number of benzene rings is 2. The van der Waals surface area contributed by atoms with E-state index in [1.807, 2.05) is 0 Å². The highest BCUT2D eigenvalue weighted by Gasteiger charge is 2.30. The van der Waals surface area contributed by atoms with E-state index < -0.39 is 23.4 Å². The number of halogens is 1. The van der Waals surface area contributed by atoms with Gasteiger partial charge in [0.2, 0.25) is 5.62 Å². The molecule has 1 aliphatic rings. The molecule has 4 rings (SSSR count). The number of H-pyrrole nitrogens is 1. The predicted octanol–water partition coefficient (Wildman–Crippen LogP) is 1.49. The molecule has 1 aromatic heterocycles. The summed E-state index contributed by atoms with van der Waals surface area (Å²) in [6.07, 6.45) is 0.129. The van der Waals surface area contributed by atoms with Crippen LogP contribution in [0.2, 0.25) is 5.02 Å². The van der Waals surface area contributed by atoms with E-state index >= 15 is 0 Å². The minimum absolute atomic E-state index is 0.118. The largest absolute Gasteiger partial charge is 0.489 e. The van der Waals surface area contributed by atoms with Crippen molar-refractivity contribution in [3.63, 3.8) is 0 Å². The highest BCUT2D eigenvalue weighted by atomic mass is 35.5. The van der Waals surface area contributed by atoms with Crippen molar-refractivity contribution >= 4 is 23.3 Å². The van der Waals surface area contributed by atoms with Crippen molar-refractivity contribution in [3.05, 3.63) is 85.7 Å². The number of rotatable bonds is 7. The molecule has 0 unspecified atom stereocenters. The molecule has 0 amide bonds. The number of ether oxygens (including phenoxy) is 1. The molecule has 2 atom stereocenters. The second-order valence-corrected chi connectivity index (χ2v) is 8.31. The van der Waals surface area contributed by atoms with E-state index in [4.69, 9.17) is 21.4 Å². The zero-order chi connectivity index (χ0) is 24.2. The zero-order valence-corrected chi connectivity index (χ0v) is 19.2. The number of carboxylic acid groups (broad SMARTS) is 1. The van der Waals surface area contributed by atoms with Crippen molar-refractivity contribution < 1.29 is 14.6 Å². The van der Waals surface area contributed by atoms with Crippen LogP contribution in [0.3, 0.4) is 0 Å². The Labute approximate surface area is 199 Å². The second kappa shape index (κ2) is 10.1. The summed E-state index contributed by atoms with van der Waals surface area (Å²) >= 11 is 5.96. The third kappa shape index (κ3) is 5.29. The van der Waals surface area contributed by atoms with E-state index in [1.54, 1.807) is 55.5 Å². The van der Waals surface area contributed by atoms with Crippen LogP contribution in [0, 0.1) is 0 Å². The Morgan fingerprint density at radius 1 is 1.15 bits per heavy atom. The van der Waals surface area contributed by atoms with Gasteiger partial charge in [-0.3, -0.25) is 14.3 Å². The fourth-order valence-corrected chi connectivity index (χ4v) is 3.86. The van der Waals surface area contributed by atoms with Crippen LogP contribution in [0.15, 0.2) is 63.1 Å². The number of aliphatic carboxylic acids is 1. The van der Waals surface area contributed by atoms with Crippen LogP contribution < -0.4 is 27.1 Å². The maximum atomic E-state index is 13.0. The first-order chi connectivity index (χ1) is 16.3. The number of hydrogen-bond donors (Lipinski definition) is 3. The molecular weight excluding hydrogens is 462 g/mol. The summed E-state index contributed by atoms with van der Waals surface area (Å²) in [7, 11) is 0. The van der Waals surface area contributed by atoms with Crippen molar-refractivity contribution in [2.24, 2.45) is 4.99 Å². The van der Waals surface area contributed by atoms with Crippen LogP contribution in [0.25, 0.3) is 0 Å². The Hall–Kier alpha value is -3.63.